The average Bonchev–Trinajstić information content (AvgIpc) is 2.50. The first kappa shape index (κ1) is 16.5. The zero-order valence-corrected chi connectivity index (χ0v) is 14.1. The third-order valence-electron chi connectivity index (χ3n) is 3.78. The van der Waals surface area contributed by atoms with E-state index < -0.39 is 10.0 Å². The molecule has 4 nitrogen and oxygen atoms in total. The van der Waals surface area contributed by atoms with Gasteiger partial charge < -0.3 is 4.74 Å². The maximum absolute atomic E-state index is 12.6. The Kier molecular flexibility index (Phi) is 4.88. The zero-order chi connectivity index (χ0) is 16.3. The van der Waals surface area contributed by atoms with Crippen LogP contribution in [-0.4, -0.2) is 15.5 Å². The number of rotatable bonds is 5. The van der Waals surface area contributed by atoms with Crippen LogP contribution in [0.15, 0.2) is 41.3 Å². The topological polar surface area (TPSA) is 55.4 Å². The van der Waals surface area contributed by atoms with Crippen molar-refractivity contribution in [3.8, 4) is 5.75 Å². The summed E-state index contributed by atoms with van der Waals surface area (Å²) in [6.07, 6.45) is 0. The molecule has 0 saturated heterocycles. The maximum Gasteiger partial charge on any atom is 0.241 e. The second-order valence-corrected chi connectivity index (χ2v) is 7.02. The van der Waals surface area contributed by atoms with Crippen molar-refractivity contribution in [3.05, 3.63) is 58.7 Å². The van der Waals surface area contributed by atoms with E-state index in [0.717, 1.165) is 22.4 Å². The van der Waals surface area contributed by atoms with Crippen molar-refractivity contribution >= 4 is 10.0 Å². The van der Waals surface area contributed by atoms with E-state index in [0.29, 0.717) is 10.5 Å². The molecule has 1 N–H and O–H groups in total. The van der Waals surface area contributed by atoms with Crippen molar-refractivity contribution in [2.45, 2.75) is 32.2 Å². The maximum atomic E-state index is 12.6. The first-order valence-electron chi connectivity index (χ1n) is 7.05. The fourth-order valence-corrected chi connectivity index (χ4v) is 3.87. The number of sulfonamides is 1. The molecule has 0 aliphatic rings. The molecule has 22 heavy (non-hydrogen) atoms. The summed E-state index contributed by atoms with van der Waals surface area (Å²) in [6, 6.07) is 11.1. The standard InChI is InChI=1S/C17H21NO3S/c1-12-10-16(13(2)14(3)17(12)21-4)22(19,20)18-11-15-8-6-5-7-9-15/h5-10,18H,11H2,1-4H3. The fourth-order valence-electron chi connectivity index (χ4n) is 2.47. The average molecular weight is 319 g/mol. The van der Waals surface area contributed by atoms with E-state index in [-0.39, 0.29) is 6.54 Å². The highest BCUT2D eigenvalue weighted by molar-refractivity contribution is 7.89. The van der Waals surface area contributed by atoms with E-state index in [1.165, 1.54) is 0 Å². The Morgan fingerprint density at radius 1 is 1.05 bits per heavy atom. The summed E-state index contributed by atoms with van der Waals surface area (Å²) in [5.74, 6) is 0.736. The molecule has 0 aliphatic heterocycles. The van der Waals surface area contributed by atoms with Crippen LogP contribution >= 0.6 is 0 Å². The van der Waals surface area contributed by atoms with Gasteiger partial charge in [0.05, 0.1) is 12.0 Å². The third kappa shape index (κ3) is 3.31. The highest BCUT2D eigenvalue weighted by Crippen LogP contribution is 2.30. The Labute approximate surface area is 132 Å². The van der Waals surface area contributed by atoms with Crippen LogP contribution in [0.25, 0.3) is 0 Å². The van der Waals surface area contributed by atoms with Gasteiger partial charge in [-0.3, -0.25) is 0 Å². The molecular weight excluding hydrogens is 298 g/mol. The van der Waals surface area contributed by atoms with E-state index >= 15 is 0 Å². The van der Waals surface area contributed by atoms with Gasteiger partial charge in [-0.15, -0.1) is 0 Å². The molecule has 2 rings (SSSR count). The summed E-state index contributed by atoms with van der Waals surface area (Å²) in [6.45, 7) is 5.79. The van der Waals surface area contributed by atoms with Gasteiger partial charge in [0.2, 0.25) is 10.0 Å². The van der Waals surface area contributed by atoms with Crippen LogP contribution in [0, 0.1) is 20.8 Å². The predicted molar refractivity (Wildman–Crippen MR) is 87.7 cm³/mol. The number of hydrogen-bond acceptors (Lipinski definition) is 3. The van der Waals surface area contributed by atoms with Gasteiger partial charge in [0, 0.05) is 6.54 Å². The number of aryl methyl sites for hydroxylation is 1. The molecule has 0 bridgehead atoms. The monoisotopic (exact) mass is 319 g/mol. The molecule has 0 heterocycles. The van der Waals surface area contributed by atoms with Crippen molar-refractivity contribution in [1.82, 2.24) is 4.72 Å². The second-order valence-electron chi connectivity index (χ2n) is 5.28. The van der Waals surface area contributed by atoms with Gasteiger partial charge in [-0.05, 0) is 49.1 Å². The van der Waals surface area contributed by atoms with E-state index in [4.69, 9.17) is 4.74 Å². The van der Waals surface area contributed by atoms with Crippen molar-refractivity contribution in [2.75, 3.05) is 7.11 Å². The van der Waals surface area contributed by atoms with Crippen LogP contribution < -0.4 is 9.46 Å². The summed E-state index contributed by atoms with van der Waals surface area (Å²) in [4.78, 5) is 0.305. The van der Waals surface area contributed by atoms with Crippen LogP contribution in [0.2, 0.25) is 0 Å². The summed E-state index contributed by atoms with van der Waals surface area (Å²) in [5, 5.41) is 0. The van der Waals surface area contributed by atoms with E-state index in [1.54, 1.807) is 20.1 Å². The molecule has 0 saturated carbocycles. The van der Waals surface area contributed by atoms with Crippen molar-refractivity contribution < 1.29 is 13.2 Å². The Bertz CT molecular complexity index is 768. The lowest BCUT2D eigenvalue weighted by atomic mass is 10.1. The molecule has 2 aromatic rings. The first-order chi connectivity index (χ1) is 10.4. The van der Waals surface area contributed by atoms with Gasteiger partial charge in [0.1, 0.15) is 5.75 Å². The highest BCUT2D eigenvalue weighted by atomic mass is 32.2. The molecule has 2 aromatic carbocycles. The number of hydrogen-bond donors (Lipinski definition) is 1. The Morgan fingerprint density at radius 2 is 1.68 bits per heavy atom. The minimum Gasteiger partial charge on any atom is -0.496 e. The van der Waals surface area contributed by atoms with Crippen molar-refractivity contribution in [1.29, 1.82) is 0 Å². The van der Waals surface area contributed by atoms with Crippen molar-refractivity contribution in [2.24, 2.45) is 0 Å². The fraction of sp³-hybridized carbons (Fsp3) is 0.294. The molecule has 0 unspecified atom stereocenters. The molecule has 0 fully saturated rings. The molecule has 5 heteroatoms. The van der Waals surface area contributed by atoms with Gasteiger partial charge in [-0.2, -0.15) is 0 Å². The summed E-state index contributed by atoms with van der Waals surface area (Å²) >= 11 is 0. The smallest absolute Gasteiger partial charge is 0.241 e. The number of ether oxygens (including phenoxy) is 1. The summed E-state index contributed by atoms with van der Waals surface area (Å²) in [7, 11) is -1.97. The summed E-state index contributed by atoms with van der Waals surface area (Å²) in [5.41, 5.74) is 3.29. The zero-order valence-electron chi connectivity index (χ0n) is 13.3. The van der Waals surface area contributed by atoms with Gasteiger partial charge in [-0.1, -0.05) is 30.3 Å². The van der Waals surface area contributed by atoms with Gasteiger partial charge in [0.15, 0.2) is 0 Å². The summed E-state index contributed by atoms with van der Waals surface area (Å²) < 4.78 is 33.2. The lowest BCUT2D eigenvalue weighted by molar-refractivity contribution is 0.407. The Morgan fingerprint density at radius 3 is 2.27 bits per heavy atom. The highest BCUT2D eigenvalue weighted by Gasteiger charge is 2.21. The second kappa shape index (κ2) is 6.50. The number of benzene rings is 2. The van der Waals surface area contributed by atoms with Gasteiger partial charge in [-0.25, -0.2) is 13.1 Å². The quantitative estimate of drug-likeness (QED) is 0.921. The minimum atomic E-state index is -3.56. The van der Waals surface area contributed by atoms with Crippen LogP contribution in [0.3, 0.4) is 0 Å². The third-order valence-corrected chi connectivity index (χ3v) is 5.31. The van der Waals surface area contributed by atoms with Crippen molar-refractivity contribution in [3.63, 3.8) is 0 Å². The van der Waals surface area contributed by atoms with E-state index in [9.17, 15) is 8.42 Å². The Balaban J connectivity index is 2.34. The van der Waals surface area contributed by atoms with Crippen LogP contribution in [0.4, 0.5) is 0 Å². The van der Waals surface area contributed by atoms with Gasteiger partial charge >= 0.3 is 0 Å². The molecular formula is C17H21NO3S. The van der Waals surface area contributed by atoms with Crippen LogP contribution in [0.1, 0.15) is 22.3 Å². The van der Waals surface area contributed by atoms with Gasteiger partial charge in [0.25, 0.3) is 0 Å². The molecule has 0 atom stereocenters. The van der Waals surface area contributed by atoms with Crippen LogP contribution in [0.5, 0.6) is 5.75 Å². The SMILES string of the molecule is COc1c(C)cc(S(=O)(=O)NCc2ccccc2)c(C)c1C. The predicted octanol–water partition coefficient (Wildman–Crippen LogP) is 3.10. The Hall–Kier alpha value is -1.85. The number of methoxy groups -OCH3 is 1. The first-order valence-corrected chi connectivity index (χ1v) is 8.53. The molecule has 0 aromatic heterocycles. The molecule has 118 valence electrons. The van der Waals surface area contributed by atoms with E-state index in [2.05, 4.69) is 4.72 Å². The normalized spacial score (nSPS) is 11.5. The molecule has 0 amide bonds. The molecule has 0 spiro atoms. The largest absolute Gasteiger partial charge is 0.496 e. The lowest BCUT2D eigenvalue weighted by Crippen LogP contribution is -2.24. The molecule has 0 radical (unpaired) electrons. The van der Waals surface area contributed by atoms with E-state index in [1.807, 2.05) is 44.2 Å². The lowest BCUT2D eigenvalue weighted by Gasteiger charge is -2.16. The minimum absolute atomic E-state index is 0.271. The molecule has 0 aliphatic carbocycles. The van der Waals surface area contributed by atoms with Crippen LogP contribution in [-0.2, 0) is 16.6 Å². The number of nitrogens with one attached hydrogen (secondary N) is 1.